The third-order valence-electron chi connectivity index (χ3n) is 3.88. The molecule has 0 bridgehead atoms. The molecule has 0 fully saturated rings. The molecule has 0 aromatic heterocycles. The fourth-order valence-electron chi connectivity index (χ4n) is 2.82. The maximum atomic E-state index is 11.3. The zero-order valence-electron chi connectivity index (χ0n) is 10.1. The Hall–Kier alpha value is -2.36. The van der Waals surface area contributed by atoms with Crippen LogP contribution in [-0.4, -0.2) is 22.2 Å². The maximum Gasteiger partial charge on any atom is 0.325 e. The molecule has 0 unspecified atom stereocenters. The number of fused-ring (bicyclic) bond motifs is 2. The lowest BCUT2D eigenvalue weighted by Crippen LogP contribution is -2.39. The number of rotatable bonds is 2. The van der Waals surface area contributed by atoms with Crippen molar-refractivity contribution in [2.75, 3.05) is 0 Å². The van der Waals surface area contributed by atoms with Gasteiger partial charge in [0, 0.05) is 0 Å². The van der Waals surface area contributed by atoms with E-state index < -0.39 is 17.4 Å². The molecule has 2 aliphatic rings. The van der Waals surface area contributed by atoms with Gasteiger partial charge in [0.25, 0.3) is 0 Å². The summed E-state index contributed by atoms with van der Waals surface area (Å²) in [5.74, 6) is -2.61. The Morgan fingerprint density at radius 2 is 1.79 bits per heavy atom. The van der Waals surface area contributed by atoms with Gasteiger partial charge in [0.1, 0.15) is 0 Å². The molecule has 96 valence electrons. The van der Waals surface area contributed by atoms with E-state index in [1.807, 2.05) is 24.3 Å². The molecule has 2 N–H and O–H groups in total. The minimum absolute atomic E-state index is 0.0399. The lowest BCUT2D eigenvalue weighted by molar-refractivity contribution is -0.160. The Morgan fingerprint density at radius 1 is 1.11 bits per heavy atom. The van der Waals surface area contributed by atoms with Crippen LogP contribution in [0.2, 0.25) is 0 Å². The van der Waals surface area contributed by atoms with E-state index in [4.69, 9.17) is 0 Å². The molecule has 1 aromatic rings. The van der Waals surface area contributed by atoms with Gasteiger partial charge in [-0.05, 0) is 29.5 Å². The van der Waals surface area contributed by atoms with Gasteiger partial charge in [-0.25, -0.2) is 0 Å². The summed E-state index contributed by atoms with van der Waals surface area (Å²) in [6.45, 7) is 0. The average molecular weight is 256 g/mol. The number of carbonyl (C=O) groups is 2. The van der Waals surface area contributed by atoms with Gasteiger partial charge in [0.15, 0.2) is 5.41 Å². The zero-order valence-corrected chi connectivity index (χ0v) is 10.1. The number of carboxylic acid groups (broad SMARTS) is 2. The summed E-state index contributed by atoms with van der Waals surface area (Å²) < 4.78 is 0. The number of aliphatic carboxylic acids is 2. The van der Waals surface area contributed by atoms with E-state index >= 15 is 0 Å². The van der Waals surface area contributed by atoms with Gasteiger partial charge in [-0.15, -0.1) is 0 Å². The predicted octanol–water partition coefficient (Wildman–Crippen LogP) is 2.11. The summed E-state index contributed by atoms with van der Waals surface area (Å²) in [6, 6.07) is 7.84. The van der Waals surface area contributed by atoms with Crippen LogP contribution in [-0.2, 0) is 16.0 Å². The zero-order chi connectivity index (χ0) is 13.6. The SMILES string of the molecule is O=C(O)C1(C(=O)O)C=CC2=C(Cc3ccccc32)C1. The second kappa shape index (κ2) is 3.82. The average Bonchev–Trinajstić information content (AvgIpc) is 2.75. The summed E-state index contributed by atoms with van der Waals surface area (Å²) in [7, 11) is 0. The van der Waals surface area contributed by atoms with Crippen LogP contribution >= 0.6 is 0 Å². The smallest absolute Gasteiger partial charge is 0.325 e. The topological polar surface area (TPSA) is 74.6 Å². The summed E-state index contributed by atoms with van der Waals surface area (Å²) >= 11 is 0. The van der Waals surface area contributed by atoms with Crippen molar-refractivity contribution in [2.45, 2.75) is 12.8 Å². The highest BCUT2D eigenvalue weighted by molar-refractivity contribution is 6.03. The van der Waals surface area contributed by atoms with Gasteiger partial charge < -0.3 is 10.2 Å². The normalized spacial score (nSPS) is 18.9. The summed E-state index contributed by atoms with van der Waals surface area (Å²) in [5, 5.41) is 18.5. The first-order valence-electron chi connectivity index (χ1n) is 6.01. The minimum atomic E-state index is -1.82. The molecule has 0 aliphatic heterocycles. The molecule has 0 saturated heterocycles. The molecule has 0 heterocycles. The highest BCUT2D eigenvalue weighted by atomic mass is 16.4. The molecule has 0 spiro atoms. The van der Waals surface area contributed by atoms with E-state index in [9.17, 15) is 19.8 Å². The van der Waals surface area contributed by atoms with Gasteiger partial charge >= 0.3 is 11.9 Å². The van der Waals surface area contributed by atoms with Crippen molar-refractivity contribution in [3.63, 3.8) is 0 Å². The summed E-state index contributed by atoms with van der Waals surface area (Å²) in [5.41, 5.74) is 2.27. The van der Waals surface area contributed by atoms with E-state index in [2.05, 4.69) is 0 Å². The molecule has 19 heavy (non-hydrogen) atoms. The van der Waals surface area contributed by atoms with Crippen LogP contribution in [0.15, 0.2) is 42.0 Å². The van der Waals surface area contributed by atoms with Crippen molar-refractivity contribution < 1.29 is 19.8 Å². The number of allylic oxidation sites excluding steroid dienone is 3. The molecule has 0 atom stereocenters. The number of carboxylic acids is 2. The fraction of sp³-hybridized carbons (Fsp3) is 0.200. The summed E-state index contributed by atoms with van der Waals surface area (Å²) in [4.78, 5) is 22.6. The fourth-order valence-corrected chi connectivity index (χ4v) is 2.82. The molecule has 0 saturated carbocycles. The minimum Gasteiger partial charge on any atom is -0.480 e. The van der Waals surface area contributed by atoms with Crippen molar-refractivity contribution in [2.24, 2.45) is 5.41 Å². The van der Waals surface area contributed by atoms with Crippen LogP contribution in [0.5, 0.6) is 0 Å². The third kappa shape index (κ3) is 1.53. The van der Waals surface area contributed by atoms with E-state index in [1.165, 1.54) is 6.08 Å². The van der Waals surface area contributed by atoms with Gasteiger partial charge in [0.05, 0.1) is 0 Å². The monoisotopic (exact) mass is 256 g/mol. The molecule has 1 aromatic carbocycles. The van der Waals surface area contributed by atoms with Crippen LogP contribution in [0, 0.1) is 5.41 Å². The lowest BCUT2D eigenvalue weighted by Gasteiger charge is -2.25. The Kier molecular flexibility index (Phi) is 2.35. The van der Waals surface area contributed by atoms with Crippen molar-refractivity contribution in [3.05, 3.63) is 53.1 Å². The Bertz CT molecular complexity index is 638. The van der Waals surface area contributed by atoms with Crippen molar-refractivity contribution >= 4 is 17.5 Å². The second-order valence-corrected chi connectivity index (χ2v) is 4.94. The van der Waals surface area contributed by atoms with Gasteiger partial charge in [-0.3, -0.25) is 9.59 Å². The molecule has 4 nitrogen and oxygen atoms in total. The van der Waals surface area contributed by atoms with Crippen LogP contribution < -0.4 is 0 Å². The Morgan fingerprint density at radius 3 is 2.47 bits per heavy atom. The Balaban J connectivity index is 2.05. The van der Waals surface area contributed by atoms with Crippen molar-refractivity contribution in [3.8, 4) is 0 Å². The lowest BCUT2D eigenvalue weighted by atomic mass is 9.76. The van der Waals surface area contributed by atoms with Crippen LogP contribution in [0.25, 0.3) is 5.57 Å². The van der Waals surface area contributed by atoms with E-state index in [-0.39, 0.29) is 6.42 Å². The van der Waals surface area contributed by atoms with Gasteiger partial charge in [-0.2, -0.15) is 0 Å². The number of hydrogen-bond acceptors (Lipinski definition) is 2. The van der Waals surface area contributed by atoms with E-state index in [0.29, 0.717) is 6.42 Å². The highest BCUT2D eigenvalue weighted by Crippen LogP contribution is 2.44. The van der Waals surface area contributed by atoms with Gasteiger partial charge in [-0.1, -0.05) is 42.0 Å². The summed E-state index contributed by atoms with van der Waals surface area (Å²) in [6.07, 6.45) is 3.63. The molecular formula is C15H12O4. The highest BCUT2D eigenvalue weighted by Gasteiger charge is 2.47. The van der Waals surface area contributed by atoms with Crippen LogP contribution in [0.1, 0.15) is 17.5 Å². The van der Waals surface area contributed by atoms with E-state index in [0.717, 1.165) is 22.3 Å². The van der Waals surface area contributed by atoms with Crippen LogP contribution in [0.3, 0.4) is 0 Å². The first-order valence-corrected chi connectivity index (χ1v) is 6.01. The molecule has 2 aliphatic carbocycles. The first-order chi connectivity index (χ1) is 9.04. The quantitative estimate of drug-likeness (QED) is 0.795. The maximum absolute atomic E-state index is 11.3. The van der Waals surface area contributed by atoms with Crippen molar-refractivity contribution in [1.82, 2.24) is 0 Å². The standard InChI is InChI=1S/C15H12O4/c16-13(17)15(14(18)19)6-5-12-10(8-15)7-9-3-1-2-4-11(9)12/h1-6H,7-8H2,(H,16,17)(H,18,19). The third-order valence-corrected chi connectivity index (χ3v) is 3.88. The second-order valence-electron chi connectivity index (χ2n) is 4.94. The van der Waals surface area contributed by atoms with Crippen molar-refractivity contribution in [1.29, 1.82) is 0 Å². The predicted molar refractivity (Wildman–Crippen MR) is 68.5 cm³/mol. The largest absolute Gasteiger partial charge is 0.480 e. The molecule has 4 heteroatoms. The van der Waals surface area contributed by atoms with Crippen LogP contribution in [0.4, 0.5) is 0 Å². The molecule has 3 rings (SSSR count). The van der Waals surface area contributed by atoms with Gasteiger partial charge in [0.2, 0.25) is 0 Å². The Labute approximate surface area is 109 Å². The first kappa shape index (κ1) is 11.7. The molecule has 0 amide bonds. The number of benzene rings is 1. The molecule has 0 radical (unpaired) electrons. The van der Waals surface area contributed by atoms with E-state index in [1.54, 1.807) is 6.08 Å². The number of hydrogen-bond donors (Lipinski definition) is 2. The molecular weight excluding hydrogens is 244 g/mol.